The molecule has 2 amide bonds. The van der Waals surface area contributed by atoms with Gasteiger partial charge in [0.1, 0.15) is 6.54 Å². The van der Waals surface area contributed by atoms with Gasteiger partial charge in [-0.2, -0.15) is 0 Å². The van der Waals surface area contributed by atoms with E-state index in [1.54, 1.807) is 4.90 Å². The summed E-state index contributed by atoms with van der Waals surface area (Å²) < 4.78 is 9.47. The van der Waals surface area contributed by atoms with Gasteiger partial charge in [-0.05, 0) is 0 Å². The maximum absolute atomic E-state index is 11.4. The van der Waals surface area contributed by atoms with Crippen molar-refractivity contribution in [2.75, 3.05) is 40.0 Å². The largest absolute Gasteiger partial charge is 0.468 e. The summed E-state index contributed by atoms with van der Waals surface area (Å²) in [7, 11) is 1.28. The third-order valence-electron chi connectivity index (χ3n) is 1.91. The maximum atomic E-state index is 11.4. The summed E-state index contributed by atoms with van der Waals surface area (Å²) in [4.78, 5) is 23.7. The van der Waals surface area contributed by atoms with Crippen LogP contribution in [-0.4, -0.2) is 56.9 Å². The van der Waals surface area contributed by atoms with Crippen LogP contribution in [0.1, 0.15) is 0 Å². The Morgan fingerprint density at radius 1 is 1.43 bits per heavy atom. The standard InChI is InChI=1S/C8H14N2O4/c1-13-7(11)6-9-8(12)10-2-4-14-5-3-10/h2-6H2,1H3,(H,9,12). The summed E-state index contributed by atoms with van der Waals surface area (Å²) in [6.07, 6.45) is 0. The van der Waals surface area contributed by atoms with Crippen LogP contribution in [0.15, 0.2) is 0 Å². The van der Waals surface area contributed by atoms with E-state index in [0.717, 1.165) is 0 Å². The van der Waals surface area contributed by atoms with Crippen molar-refractivity contribution in [3.05, 3.63) is 0 Å². The average molecular weight is 202 g/mol. The number of carbonyl (C=O) groups excluding carboxylic acids is 2. The molecule has 80 valence electrons. The first kappa shape index (κ1) is 10.8. The molecule has 1 aliphatic rings. The molecule has 0 bridgehead atoms. The summed E-state index contributed by atoms with van der Waals surface area (Å²) in [5.41, 5.74) is 0. The molecule has 0 aromatic rings. The van der Waals surface area contributed by atoms with Crippen LogP contribution in [-0.2, 0) is 14.3 Å². The number of nitrogens with one attached hydrogen (secondary N) is 1. The molecular weight excluding hydrogens is 188 g/mol. The zero-order valence-corrected chi connectivity index (χ0v) is 8.12. The molecule has 6 nitrogen and oxygen atoms in total. The minimum atomic E-state index is -0.452. The van der Waals surface area contributed by atoms with E-state index < -0.39 is 5.97 Å². The number of morpholine rings is 1. The molecule has 0 saturated carbocycles. The van der Waals surface area contributed by atoms with Gasteiger partial charge in [0.2, 0.25) is 0 Å². The lowest BCUT2D eigenvalue weighted by molar-refractivity contribution is -0.139. The number of rotatable bonds is 2. The van der Waals surface area contributed by atoms with Crippen LogP contribution in [0.3, 0.4) is 0 Å². The van der Waals surface area contributed by atoms with Gasteiger partial charge in [-0.25, -0.2) is 4.79 Å². The summed E-state index contributed by atoms with van der Waals surface area (Å²) in [5, 5.41) is 2.46. The fraction of sp³-hybridized carbons (Fsp3) is 0.750. The van der Waals surface area contributed by atoms with Crippen molar-refractivity contribution in [1.29, 1.82) is 0 Å². The van der Waals surface area contributed by atoms with Crippen molar-refractivity contribution in [2.45, 2.75) is 0 Å². The van der Waals surface area contributed by atoms with Crippen LogP contribution >= 0.6 is 0 Å². The molecule has 1 saturated heterocycles. The predicted molar refractivity (Wildman–Crippen MR) is 47.8 cm³/mol. The summed E-state index contributed by atoms with van der Waals surface area (Å²) in [6, 6.07) is -0.251. The van der Waals surface area contributed by atoms with Crippen molar-refractivity contribution in [1.82, 2.24) is 10.2 Å². The van der Waals surface area contributed by atoms with Gasteiger partial charge in [0.15, 0.2) is 0 Å². The van der Waals surface area contributed by atoms with E-state index in [1.807, 2.05) is 0 Å². The fourth-order valence-electron chi connectivity index (χ4n) is 1.10. The van der Waals surface area contributed by atoms with E-state index in [9.17, 15) is 9.59 Å². The van der Waals surface area contributed by atoms with Crippen molar-refractivity contribution >= 4 is 12.0 Å². The van der Waals surface area contributed by atoms with Crippen LogP contribution in [0.4, 0.5) is 4.79 Å². The van der Waals surface area contributed by atoms with Crippen LogP contribution < -0.4 is 5.32 Å². The summed E-state index contributed by atoms with van der Waals surface area (Å²) in [6.45, 7) is 2.13. The molecular formula is C8H14N2O4. The lowest BCUT2D eigenvalue weighted by atomic mass is 10.4. The second-order valence-electron chi connectivity index (χ2n) is 2.83. The van der Waals surface area contributed by atoms with Crippen molar-refractivity contribution in [3.63, 3.8) is 0 Å². The van der Waals surface area contributed by atoms with E-state index >= 15 is 0 Å². The van der Waals surface area contributed by atoms with Crippen molar-refractivity contribution in [3.8, 4) is 0 Å². The quantitative estimate of drug-likeness (QED) is 0.595. The number of ether oxygens (including phenoxy) is 2. The SMILES string of the molecule is COC(=O)CNC(=O)N1CCOCC1. The second-order valence-corrected chi connectivity index (χ2v) is 2.83. The molecule has 0 radical (unpaired) electrons. The Morgan fingerprint density at radius 3 is 2.64 bits per heavy atom. The molecule has 0 unspecified atom stereocenters. The smallest absolute Gasteiger partial charge is 0.325 e. The van der Waals surface area contributed by atoms with Crippen LogP contribution in [0, 0.1) is 0 Å². The first-order chi connectivity index (χ1) is 6.74. The maximum Gasteiger partial charge on any atom is 0.325 e. The number of hydrogen-bond acceptors (Lipinski definition) is 4. The predicted octanol–water partition coefficient (Wildman–Crippen LogP) is -0.799. The highest BCUT2D eigenvalue weighted by Crippen LogP contribution is 1.96. The van der Waals surface area contributed by atoms with Crippen LogP contribution in [0.25, 0.3) is 0 Å². The third kappa shape index (κ3) is 3.21. The highest BCUT2D eigenvalue weighted by Gasteiger charge is 2.16. The van der Waals surface area contributed by atoms with Crippen molar-refractivity contribution in [2.24, 2.45) is 0 Å². The minimum Gasteiger partial charge on any atom is -0.468 e. The van der Waals surface area contributed by atoms with Gasteiger partial charge in [-0.15, -0.1) is 0 Å². The number of methoxy groups -OCH3 is 1. The molecule has 1 aliphatic heterocycles. The Kier molecular flexibility index (Phi) is 4.18. The zero-order chi connectivity index (χ0) is 10.4. The fourth-order valence-corrected chi connectivity index (χ4v) is 1.10. The van der Waals surface area contributed by atoms with E-state index in [0.29, 0.717) is 26.3 Å². The molecule has 1 heterocycles. The van der Waals surface area contributed by atoms with E-state index in [-0.39, 0.29) is 12.6 Å². The topological polar surface area (TPSA) is 67.9 Å². The van der Waals surface area contributed by atoms with Gasteiger partial charge in [-0.3, -0.25) is 4.79 Å². The minimum absolute atomic E-state index is 0.0906. The van der Waals surface area contributed by atoms with Gasteiger partial charge in [0.25, 0.3) is 0 Å². The van der Waals surface area contributed by atoms with Gasteiger partial charge >= 0.3 is 12.0 Å². The molecule has 1 N–H and O–H groups in total. The molecule has 1 rings (SSSR count). The van der Waals surface area contributed by atoms with Gasteiger partial charge in [-0.1, -0.05) is 0 Å². The van der Waals surface area contributed by atoms with Crippen molar-refractivity contribution < 1.29 is 19.1 Å². The van der Waals surface area contributed by atoms with E-state index in [4.69, 9.17) is 4.74 Å². The second kappa shape index (κ2) is 5.43. The number of hydrogen-bond donors (Lipinski definition) is 1. The Morgan fingerprint density at radius 2 is 2.07 bits per heavy atom. The Hall–Kier alpha value is -1.30. The lowest BCUT2D eigenvalue weighted by Gasteiger charge is -2.26. The first-order valence-corrected chi connectivity index (χ1v) is 4.41. The lowest BCUT2D eigenvalue weighted by Crippen LogP contribution is -2.47. The molecule has 0 aromatic heterocycles. The van der Waals surface area contributed by atoms with E-state index in [2.05, 4.69) is 10.1 Å². The third-order valence-corrected chi connectivity index (χ3v) is 1.91. The molecule has 14 heavy (non-hydrogen) atoms. The number of urea groups is 1. The molecule has 0 aromatic carbocycles. The first-order valence-electron chi connectivity index (χ1n) is 4.41. The molecule has 6 heteroatoms. The number of carbonyl (C=O) groups is 2. The monoisotopic (exact) mass is 202 g/mol. The number of amides is 2. The van der Waals surface area contributed by atoms with Gasteiger partial charge < -0.3 is 19.7 Å². The number of nitrogens with zero attached hydrogens (tertiary/aromatic N) is 1. The summed E-state index contributed by atoms with van der Waals surface area (Å²) >= 11 is 0. The Bertz CT molecular complexity index is 213. The molecule has 1 fully saturated rings. The zero-order valence-electron chi connectivity index (χ0n) is 8.12. The normalized spacial score (nSPS) is 16.2. The average Bonchev–Trinajstić information content (AvgIpc) is 2.26. The van der Waals surface area contributed by atoms with E-state index in [1.165, 1.54) is 7.11 Å². The molecule has 0 atom stereocenters. The molecule has 0 aliphatic carbocycles. The summed E-state index contributed by atoms with van der Waals surface area (Å²) in [5.74, 6) is -0.452. The van der Waals surface area contributed by atoms with Gasteiger partial charge in [0.05, 0.1) is 20.3 Å². The Balaban J connectivity index is 2.23. The van der Waals surface area contributed by atoms with Crippen LogP contribution in [0.5, 0.6) is 0 Å². The van der Waals surface area contributed by atoms with Crippen LogP contribution in [0.2, 0.25) is 0 Å². The highest BCUT2D eigenvalue weighted by atomic mass is 16.5. The Labute approximate surface area is 82.1 Å². The van der Waals surface area contributed by atoms with Gasteiger partial charge in [0, 0.05) is 13.1 Å². The number of esters is 1. The highest BCUT2D eigenvalue weighted by molar-refractivity contribution is 5.80. The molecule has 0 spiro atoms.